The van der Waals surface area contributed by atoms with Crippen molar-refractivity contribution in [2.24, 2.45) is 0 Å². The number of rotatable bonds is 6. The number of carbonyl (C=O) groups excluding carboxylic acids is 2. The smallest absolute Gasteiger partial charge is 0.246 e. The van der Waals surface area contributed by atoms with Crippen molar-refractivity contribution in [3.63, 3.8) is 0 Å². The molecule has 2 amide bonds. The van der Waals surface area contributed by atoms with E-state index in [4.69, 9.17) is 0 Å². The van der Waals surface area contributed by atoms with Crippen molar-refractivity contribution >= 4 is 23.6 Å². The van der Waals surface area contributed by atoms with E-state index in [2.05, 4.69) is 11.6 Å². The zero-order valence-electron chi connectivity index (χ0n) is 12.6. The normalized spacial score (nSPS) is 26.3. The molecule has 0 aromatic rings. The molecule has 5 heteroatoms. The van der Waals surface area contributed by atoms with Gasteiger partial charge in [-0.3, -0.25) is 14.5 Å². The summed E-state index contributed by atoms with van der Waals surface area (Å²) in [5, 5.41) is 3.38. The number of hydrogen-bond donors (Lipinski definition) is 1. The van der Waals surface area contributed by atoms with Gasteiger partial charge in [-0.25, -0.2) is 0 Å². The van der Waals surface area contributed by atoms with Crippen LogP contribution in [0.4, 0.5) is 0 Å². The number of carbonyl (C=O) groups is 2. The fraction of sp³-hybridized carbons (Fsp3) is 0.867. The Bertz CT molecular complexity index is 367. The Morgan fingerprint density at radius 2 is 2.00 bits per heavy atom. The Labute approximate surface area is 126 Å². The number of thioether (sulfide) groups is 1. The van der Waals surface area contributed by atoms with Gasteiger partial charge in [0.25, 0.3) is 0 Å². The highest BCUT2D eigenvalue weighted by atomic mass is 32.2. The van der Waals surface area contributed by atoms with E-state index in [-0.39, 0.29) is 22.6 Å². The maximum atomic E-state index is 12.2. The molecule has 20 heavy (non-hydrogen) atoms. The fourth-order valence-corrected chi connectivity index (χ4v) is 4.18. The van der Waals surface area contributed by atoms with Gasteiger partial charge in [0, 0.05) is 17.8 Å². The molecule has 0 aromatic heterocycles. The summed E-state index contributed by atoms with van der Waals surface area (Å²) in [4.78, 5) is 25.5. The van der Waals surface area contributed by atoms with Crippen LogP contribution in [0.3, 0.4) is 0 Å². The van der Waals surface area contributed by atoms with E-state index in [0.717, 1.165) is 13.0 Å². The van der Waals surface area contributed by atoms with Gasteiger partial charge in [-0.15, -0.1) is 0 Å². The van der Waals surface area contributed by atoms with E-state index < -0.39 is 0 Å². The number of nitrogens with zero attached hydrogens (tertiary/aromatic N) is 1. The van der Waals surface area contributed by atoms with E-state index in [9.17, 15) is 9.59 Å². The maximum Gasteiger partial charge on any atom is 0.246 e. The molecule has 114 valence electrons. The lowest BCUT2D eigenvalue weighted by molar-refractivity contribution is -0.138. The summed E-state index contributed by atoms with van der Waals surface area (Å²) >= 11 is 1.92. The van der Waals surface area contributed by atoms with Crippen molar-refractivity contribution in [2.75, 3.05) is 19.3 Å². The second-order valence-corrected chi connectivity index (χ2v) is 7.24. The highest BCUT2D eigenvalue weighted by molar-refractivity contribution is 8.00. The molecule has 1 unspecified atom stereocenters. The van der Waals surface area contributed by atoms with Crippen molar-refractivity contribution in [3.05, 3.63) is 0 Å². The molecule has 1 aliphatic heterocycles. The minimum Gasteiger partial charge on any atom is -0.304 e. The maximum absolute atomic E-state index is 12.2. The average Bonchev–Trinajstić information content (AvgIpc) is 2.74. The summed E-state index contributed by atoms with van der Waals surface area (Å²) in [7, 11) is 0. The Morgan fingerprint density at radius 1 is 1.30 bits per heavy atom. The molecular formula is C15H26N2O2S. The Morgan fingerprint density at radius 3 is 2.60 bits per heavy atom. The first-order valence-corrected chi connectivity index (χ1v) is 8.97. The zero-order chi connectivity index (χ0) is 14.6. The lowest BCUT2D eigenvalue weighted by Gasteiger charge is -2.36. The predicted molar refractivity (Wildman–Crippen MR) is 82.7 cm³/mol. The van der Waals surface area contributed by atoms with Crippen molar-refractivity contribution in [1.82, 2.24) is 10.2 Å². The minimum absolute atomic E-state index is 0.0174. The van der Waals surface area contributed by atoms with Gasteiger partial charge < -0.3 is 5.32 Å². The third-order valence-electron chi connectivity index (χ3n) is 4.56. The van der Waals surface area contributed by atoms with E-state index in [1.54, 1.807) is 0 Å². The van der Waals surface area contributed by atoms with E-state index in [1.165, 1.54) is 37.0 Å². The van der Waals surface area contributed by atoms with Gasteiger partial charge in [-0.1, -0.05) is 26.2 Å². The zero-order valence-corrected chi connectivity index (χ0v) is 13.4. The lowest BCUT2D eigenvalue weighted by Crippen LogP contribution is -2.46. The second kappa shape index (κ2) is 6.94. The number of likely N-dealkylation sites (tertiary alicyclic amines) is 1. The molecular weight excluding hydrogens is 272 g/mol. The van der Waals surface area contributed by atoms with Crippen LogP contribution in [0.2, 0.25) is 0 Å². The second-order valence-electron chi connectivity index (χ2n) is 5.97. The van der Waals surface area contributed by atoms with Crippen LogP contribution >= 0.6 is 11.8 Å². The van der Waals surface area contributed by atoms with Gasteiger partial charge in [0.2, 0.25) is 11.8 Å². The first-order valence-electron chi connectivity index (χ1n) is 7.74. The number of imide groups is 1. The summed E-state index contributed by atoms with van der Waals surface area (Å²) in [5.41, 5.74) is 0. The minimum atomic E-state index is -0.292. The Balaban J connectivity index is 1.90. The fourth-order valence-electron chi connectivity index (χ4n) is 3.26. The average molecular weight is 298 g/mol. The highest BCUT2D eigenvalue weighted by Gasteiger charge is 2.39. The molecule has 2 fully saturated rings. The summed E-state index contributed by atoms with van der Waals surface area (Å²) in [6.07, 6.45) is 9.65. The van der Waals surface area contributed by atoms with Gasteiger partial charge >= 0.3 is 0 Å². The number of hydrogen-bond acceptors (Lipinski definition) is 4. The standard InChI is InChI=1S/C15H26N2O2S/c1-3-9-17-13(18)10-12(14(17)19)16-11-15(20-2)7-5-4-6-8-15/h12,16H,3-11H2,1-2H3. The third kappa shape index (κ3) is 3.37. The van der Waals surface area contributed by atoms with Gasteiger partial charge in [0.1, 0.15) is 0 Å². The van der Waals surface area contributed by atoms with Crippen LogP contribution in [0, 0.1) is 0 Å². The summed E-state index contributed by atoms with van der Waals surface area (Å²) < 4.78 is 0.264. The molecule has 1 heterocycles. The topological polar surface area (TPSA) is 49.4 Å². The molecule has 2 rings (SSSR count). The van der Waals surface area contributed by atoms with E-state index in [1.807, 2.05) is 18.7 Å². The van der Waals surface area contributed by atoms with Gasteiger partial charge in [-0.2, -0.15) is 11.8 Å². The van der Waals surface area contributed by atoms with E-state index >= 15 is 0 Å². The highest BCUT2D eigenvalue weighted by Crippen LogP contribution is 2.38. The van der Waals surface area contributed by atoms with E-state index in [0.29, 0.717) is 13.0 Å². The predicted octanol–water partition coefficient (Wildman–Crippen LogP) is 2.18. The van der Waals surface area contributed by atoms with Crippen LogP contribution in [0.15, 0.2) is 0 Å². The Kier molecular flexibility index (Phi) is 5.49. The van der Waals surface area contributed by atoms with Crippen LogP contribution in [0.5, 0.6) is 0 Å². The molecule has 0 spiro atoms. The van der Waals surface area contributed by atoms with Gasteiger partial charge in [0.05, 0.1) is 12.5 Å². The van der Waals surface area contributed by atoms with Crippen LogP contribution in [0.25, 0.3) is 0 Å². The summed E-state index contributed by atoms with van der Waals surface area (Å²) in [5.74, 6) is -0.0416. The number of amides is 2. The number of nitrogens with one attached hydrogen (secondary N) is 1. The quantitative estimate of drug-likeness (QED) is 0.764. The molecule has 0 bridgehead atoms. The summed E-state index contributed by atoms with van der Waals surface area (Å²) in [6, 6.07) is -0.292. The van der Waals surface area contributed by atoms with Crippen LogP contribution < -0.4 is 5.32 Å². The first-order chi connectivity index (χ1) is 9.62. The van der Waals surface area contributed by atoms with Gasteiger partial charge in [0.15, 0.2) is 0 Å². The molecule has 0 aromatic carbocycles. The van der Waals surface area contributed by atoms with Crippen LogP contribution in [0.1, 0.15) is 51.9 Å². The molecule has 1 aliphatic carbocycles. The third-order valence-corrected chi connectivity index (χ3v) is 5.98. The first kappa shape index (κ1) is 15.8. The molecule has 1 atom stereocenters. The van der Waals surface area contributed by atoms with Crippen molar-refractivity contribution in [1.29, 1.82) is 0 Å². The van der Waals surface area contributed by atoms with Crippen LogP contribution in [-0.2, 0) is 9.59 Å². The van der Waals surface area contributed by atoms with Crippen molar-refractivity contribution < 1.29 is 9.59 Å². The molecule has 4 nitrogen and oxygen atoms in total. The largest absolute Gasteiger partial charge is 0.304 e. The summed E-state index contributed by atoms with van der Waals surface area (Å²) in [6.45, 7) is 3.40. The van der Waals surface area contributed by atoms with Crippen molar-refractivity contribution in [3.8, 4) is 0 Å². The monoisotopic (exact) mass is 298 g/mol. The molecule has 1 saturated heterocycles. The van der Waals surface area contributed by atoms with Crippen molar-refractivity contribution in [2.45, 2.75) is 62.7 Å². The molecule has 1 saturated carbocycles. The molecule has 1 N–H and O–H groups in total. The molecule has 2 aliphatic rings. The molecule has 0 radical (unpaired) electrons. The van der Waals surface area contributed by atoms with Gasteiger partial charge in [-0.05, 0) is 25.5 Å². The van der Waals surface area contributed by atoms with Crippen LogP contribution in [-0.4, -0.2) is 46.8 Å². The Hall–Kier alpha value is -0.550. The lowest BCUT2D eigenvalue weighted by atomic mass is 9.88. The SMILES string of the molecule is CCCN1C(=O)CC(NCC2(SC)CCCCC2)C1=O.